The predicted molar refractivity (Wildman–Crippen MR) is 113 cm³/mol. The first-order valence-electron chi connectivity index (χ1n) is 8.36. The minimum atomic E-state index is -0.162. The van der Waals surface area contributed by atoms with Gasteiger partial charge in [-0.1, -0.05) is 0 Å². The first-order chi connectivity index (χ1) is 13.7. The van der Waals surface area contributed by atoms with Crippen LogP contribution in [0.1, 0.15) is 10.4 Å². The van der Waals surface area contributed by atoms with E-state index in [4.69, 9.17) is 4.74 Å². The largest absolute Gasteiger partial charge is 0.438 e. The summed E-state index contributed by atoms with van der Waals surface area (Å²) in [7, 11) is 0. The molecule has 28 heavy (non-hydrogen) atoms. The van der Waals surface area contributed by atoms with Crippen LogP contribution in [0.3, 0.4) is 0 Å². The molecule has 138 valence electrons. The summed E-state index contributed by atoms with van der Waals surface area (Å²) in [5.41, 5.74) is 1.28. The zero-order valence-corrected chi connectivity index (χ0v) is 16.6. The normalized spacial score (nSPS) is 10.5. The van der Waals surface area contributed by atoms with E-state index in [2.05, 4.69) is 43.2 Å². The Hall–Kier alpha value is -3.27. The Kier molecular flexibility index (Phi) is 5.29. The Morgan fingerprint density at radius 1 is 0.964 bits per heavy atom. The number of halogens is 1. The van der Waals surface area contributed by atoms with Crippen LogP contribution in [0.2, 0.25) is 0 Å². The van der Waals surface area contributed by atoms with E-state index < -0.39 is 0 Å². The number of hydrogen-bond donors (Lipinski definition) is 1. The van der Waals surface area contributed by atoms with Gasteiger partial charge in [0.15, 0.2) is 5.82 Å². The SMILES string of the molecule is O=C(Nc1ccc(Oc2ccc(-n3cccn3)nn2)cc1)c1ccc(I)cc1. The molecule has 0 radical (unpaired) electrons. The number of anilines is 1. The number of hydrogen-bond acceptors (Lipinski definition) is 5. The summed E-state index contributed by atoms with van der Waals surface area (Å²) in [6, 6.07) is 19.7. The molecule has 4 aromatic rings. The smallest absolute Gasteiger partial charge is 0.255 e. The van der Waals surface area contributed by atoms with Crippen LogP contribution in [0.5, 0.6) is 11.6 Å². The Bertz CT molecular complexity index is 1060. The van der Waals surface area contributed by atoms with Gasteiger partial charge in [-0.2, -0.15) is 5.10 Å². The molecule has 1 N–H and O–H groups in total. The van der Waals surface area contributed by atoms with Gasteiger partial charge in [-0.05, 0) is 83.3 Å². The number of aromatic nitrogens is 4. The van der Waals surface area contributed by atoms with Crippen molar-refractivity contribution in [2.75, 3.05) is 5.32 Å². The van der Waals surface area contributed by atoms with Crippen molar-refractivity contribution in [1.82, 2.24) is 20.0 Å². The predicted octanol–water partition coefficient (Wildman–Crippen LogP) is 4.31. The van der Waals surface area contributed by atoms with Crippen molar-refractivity contribution >= 4 is 34.2 Å². The van der Waals surface area contributed by atoms with Crippen molar-refractivity contribution in [1.29, 1.82) is 0 Å². The number of nitrogens with one attached hydrogen (secondary N) is 1. The molecule has 2 aromatic carbocycles. The first kappa shape index (κ1) is 18.1. The molecule has 4 rings (SSSR count). The molecule has 0 aliphatic rings. The highest BCUT2D eigenvalue weighted by Gasteiger charge is 2.07. The molecule has 0 saturated carbocycles. The number of ether oxygens (including phenoxy) is 1. The summed E-state index contributed by atoms with van der Waals surface area (Å²) in [6.07, 6.45) is 3.46. The number of rotatable bonds is 5. The topological polar surface area (TPSA) is 81.9 Å². The van der Waals surface area contributed by atoms with Crippen molar-refractivity contribution in [3.8, 4) is 17.4 Å². The minimum Gasteiger partial charge on any atom is -0.438 e. The lowest BCUT2D eigenvalue weighted by atomic mass is 10.2. The van der Waals surface area contributed by atoms with E-state index in [1.165, 1.54) is 0 Å². The van der Waals surface area contributed by atoms with Crippen LogP contribution in [-0.2, 0) is 0 Å². The molecule has 0 unspecified atom stereocenters. The maximum Gasteiger partial charge on any atom is 0.255 e. The molecule has 0 bridgehead atoms. The van der Waals surface area contributed by atoms with E-state index in [-0.39, 0.29) is 5.91 Å². The summed E-state index contributed by atoms with van der Waals surface area (Å²) in [5, 5.41) is 15.1. The molecular weight excluding hydrogens is 469 g/mol. The minimum absolute atomic E-state index is 0.162. The lowest BCUT2D eigenvalue weighted by Crippen LogP contribution is -2.11. The third kappa shape index (κ3) is 4.34. The summed E-state index contributed by atoms with van der Waals surface area (Å²) in [4.78, 5) is 12.3. The van der Waals surface area contributed by atoms with Crippen LogP contribution in [0.25, 0.3) is 5.82 Å². The Morgan fingerprint density at radius 2 is 1.75 bits per heavy atom. The number of benzene rings is 2. The quantitative estimate of drug-likeness (QED) is 0.428. The van der Waals surface area contributed by atoms with Crippen molar-refractivity contribution < 1.29 is 9.53 Å². The lowest BCUT2D eigenvalue weighted by Gasteiger charge is -2.08. The molecule has 0 aliphatic carbocycles. The van der Waals surface area contributed by atoms with Crippen LogP contribution in [0, 0.1) is 3.57 Å². The second-order valence-corrected chi connectivity index (χ2v) is 7.01. The van der Waals surface area contributed by atoms with Crippen LogP contribution < -0.4 is 10.1 Å². The van der Waals surface area contributed by atoms with E-state index in [1.54, 1.807) is 65.6 Å². The highest BCUT2D eigenvalue weighted by Crippen LogP contribution is 2.22. The molecule has 0 spiro atoms. The highest BCUT2D eigenvalue weighted by molar-refractivity contribution is 14.1. The van der Waals surface area contributed by atoms with E-state index in [9.17, 15) is 4.79 Å². The van der Waals surface area contributed by atoms with Crippen molar-refractivity contribution in [3.05, 3.63) is 88.3 Å². The first-order valence-corrected chi connectivity index (χ1v) is 9.44. The van der Waals surface area contributed by atoms with Gasteiger partial charge in [0.05, 0.1) is 0 Å². The summed E-state index contributed by atoms with van der Waals surface area (Å²) in [5.74, 6) is 1.40. The second kappa shape index (κ2) is 8.17. The monoisotopic (exact) mass is 483 g/mol. The number of carbonyl (C=O) groups is 1. The van der Waals surface area contributed by atoms with E-state index in [0.29, 0.717) is 28.7 Å². The average Bonchev–Trinajstić information content (AvgIpc) is 3.25. The van der Waals surface area contributed by atoms with Crippen molar-refractivity contribution in [2.24, 2.45) is 0 Å². The summed E-state index contributed by atoms with van der Waals surface area (Å²) >= 11 is 2.20. The van der Waals surface area contributed by atoms with Gasteiger partial charge in [0.2, 0.25) is 5.88 Å². The summed E-state index contributed by atoms with van der Waals surface area (Å²) < 4.78 is 8.38. The van der Waals surface area contributed by atoms with Gasteiger partial charge < -0.3 is 10.1 Å². The van der Waals surface area contributed by atoms with E-state index in [0.717, 1.165) is 3.57 Å². The van der Waals surface area contributed by atoms with Gasteiger partial charge in [-0.25, -0.2) is 4.68 Å². The fourth-order valence-corrected chi connectivity index (χ4v) is 2.79. The van der Waals surface area contributed by atoms with Gasteiger partial charge >= 0.3 is 0 Å². The maximum absolute atomic E-state index is 12.3. The van der Waals surface area contributed by atoms with Crippen molar-refractivity contribution in [2.45, 2.75) is 0 Å². The molecule has 0 saturated heterocycles. The number of amides is 1. The van der Waals surface area contributed by atoms with Gasteiger partial charge in [0.1, 0.15) is 5.75 Å². The fraction of sp³-hybridized carbons (Fsp3) is 0. The average molecular weight is 483 g/mol. The third-order valence-electron chi connectivity index (χ3n) is 3.81. The Morgan fingerprint density at radius 3 is 2.39 bits per heavy atom. The van der Waals surface area contributed by atoms with Crippen LogP contribution in [-0.4, -0.2) is 25.9 Å². The molecule has 1 amide bonds. The molecule has 2 aromatic heterocycles. The Labute approximate surface area is 174 Å². The number of carbonyl (C=O) groups excluding carboxylic acids is 1. The number of nitrogens with zero attached hydrogens (tertiary/aromatic N) is 4. The molecule has 8 heteroatoms. The van der Waals surface area contributed by atoms with Crippen molar-refractivity contribution in [3.63, 3.8) is 0 Å². The van der Waals surface area contributed by atoms with E-state index in [1.807, 2.05) is 18.2 Å². The van der Waals surface area contributed by atoms with Crippen LogP contribution >= 0.6 is 22.6 Å². The maximum atomic E-state index is 12.3. The summed E-state index contributed by atoms with van der Waals surface area (Å²) in [6.45, 7) is 0. The van der Waals surface area contributed by atoms with Gasteiger partial charge in [0.25, 0.3) is 5.91 Å². The van der Waals surface area contributed by atoms with Gasteiger partial charge in [-0.15, -0.1) is 10.2 Å². The molecule has 0 fully saturated rings. The standard InChI is InChI=1S/C20H14IN5O2/c21-15-4-2-14(3-5-15)20(27)23-16-6-8-17(9-7-16)28-19-11-10-18(24-25-19)26-13-1-12-22-26/h1-13H,(H,23,27). The second-order valence-electron chi connectivity index (χ2n) is 5.77. The lowest BCUT2D eigenvalue weighted by molar-refractivity contribution is 0.102. The van der Waals surface area contributed by atoms with E-state index >= 15 is 0 Å². The van der Waals surface area contributed by atoms with Gasteiger partial charge in [0, 0.05) is 33.3 Å². The highest BCUT2D eigenvalue weighted by atomic mass is 127. The molecule has 7 nitrogen and oxygen atoms in total. The molecule has 0 aliphatic heterocycles. The van der Waals surface area contributed by atoms with Crippen LogP contribution in [0.4, 0.5) is 5.69 Å². The fourth-order valence-electron chi connectivity index (χ4n) is 2.43. The molecule has 0 atom stereocenters. The molecular formula is C20H14IN5O2. The van der Waals surface area contributed by atoms with Gasteiger partial charge in [-0.3, -0.25) is 4.79 Å². The third-order valence-corrected chi connectivity index (χ3v) is 4.53. The zero-order valence-electron chi connectivity index (χ0n) is 14.5. The molecule has 2 heterocycles. The zero-order chi connectivity index (χ0) is 19.3. The Balaban J connectivity index is 1.39. The van der Waals surface area contributed by atoms with Crippen LogP contribution in [0.15, 0.2) is 79.1 Å².